The van der Waals surface area contributed by atoms with E-state index in [4.69, 9.17) is 9.84 Å². The number of nitrogens with zero attached hydrogens (tertiary/aromatic N) is 1. The van der Waals surface area contributed by atoms with Crippen molar-refractivity contribution >= 4 is 21.7 Å². The van der Waals surface area contributed by atoms with E-state index in [9.17, 15) is 13.2 Å². The van der Waals surface area contributed by atoms with Crippen molar-refractivity contribution in [2.24, 2.45) is 0 Å². The van der Waals surface area contributed by atoms with Crippen molar-refractivity contribution in [3.05, 3.63) is 24.3 Å². The number of hydrogen-bond acceptors (Lipinski definition) is 5. The lowest BCUT2D eigenvalue weighted by atomic mass is 10.3. The fourth-order valence-corrected chi connectivity index (χ4v) is 2.24. The number of aliphatic carboxylic acids is 1. The van der Waals surface area contributed by atoms with Gasteiger partial charge in [-0.05, 0) is 38.4 Å². The Bertz CT molecular complexity index is 539. The molecule has 1 aromatic rings. The number of anilines is 1. The van der Waals surface area contributed by atoms with Gasteiger partial charge in [-0.3, -0.25) is 9.52 Å². The van der Waals surface area contributed by atoms with Crippen molar-refractivity contribution in [2.45, 2.75) is 0 Å². The Morgan fingerprint density at radius 3 is 2.40 bits per heavy atom. The summed E-state index contributed by atoms with van der Waals surface area (Å²) in [4.78, 5) is 12.4. The summed E-state index contributed by atoms with van der Waals surface area (Å²) in [6.07, 6.45) is 0. The van der Waals surface area contributed by atoms with E-state index in [1.165, 1.54) is 12.1 Å². The zero-order chi connectivity index (χ0) is 15.2. The predicted octanol–water partition coefficient (Wildman–Crippen LogP) is 0.453. The van der Waals surface area contributed by atoms with E-state index >= 15 is 0 Å². The average molecular weight is 302 g/mol. The monoisotopic (exact) mass is 302 g/mol. The molecular weight excluding hydrogens is 284 g/mol. The molecule has 0 heterocycles. The van der Waals surface area contributed by atoms with Crippen LogP contribution in [0.1, 0.15) is 0 Å². The summed E-state index contributed by atoms with van der Waals surface area (Å²) in [6.45, 7) is 1.30. The van der Waals surface area contributed by atoms with Crippen molar-refractivity contribution in [3.8, 4) is 5.75 Å². The molecule has 7 nitrogen and oxygen atoms in total. The van der Waals surface area contributed by atoms with Crippen LogP contribution in [0.5, 0.6) is 5.75 Å². The Hall–Kier alpha value is -1.80. The standard InChI is InChI=1S/C12H18N2O5S/c1-14(2)7-8-19-11-5-3-10(4-6-11)13-20(17,18)9-12(15)16/h3-6,13H,7-9H2,1-2H3,(H,15,16). The van der Waals surface area contributed by atoms with E-state index in [2.05, 4.69) is 4.72 Å². The van der Waals surface area contributed by atoms with Crippen LogP contribution in [0, 0.1) is 0 Å². The third-order valence-corrected chi connectivity index (χ3v) is 3.42. The highest BCUT2D eigenvalue weighted by molar-refractivity contribution is 7.93. The highest BCUT2D eigenvalue weighted by Crippen LogP contribution is 2.16. The molecule has 20 heavy (non-hydrogen) atoms. The number of carboxylic acid groups (broad SMARTS) is 1. The van der Waals surface area contributed by atoms with Gasteiger partial charge in [0.1, 0.15) is 12.4 Å². The number of hydrogen-bond donors (Lipinski definition) is 2. The first-order chi connectivity index (χ1) is 9.28. The average Bonchev–Trinajstić information content (AvgIpc) is 2.28. The van der Waals surface area contributed by atoms with Gasteiger partial charge in [-0.2, -0.15) is 0 Å². The normalized spacial score (nSPS) is 11.3. The van der Waals surface area contributed by atoms with Crippen LogP contribution in [0.2, 0.25) is 0 Å². The molecule has 0 fully saturated rings. The second-order valence-electron chi connectivity index (χ2n) is 4.43. The second kappa shape index (κ2) is 7.11. The van der Waals surface area contributed by atoms with Crippen molar-refractivity contribution in [1.29, 1.82) is 0 Å². The Kier molecular flexibility index (Phi) is 5.78. The van der Waals surface area contributed by atoms with Gasteiger partial charge in [-0.1, -0.05) is 0 Å². The fraction of sp³-hybridized carbons (Fsp3) is 0.417. The number of carboxylic acids is 1. The summed E-state index contributed by atoms with van der Waals surface area (Å²) in [6, 6.07) is 6.28. The van der Waals surface area contributed by atoms with Crippen LogP contribution in [0.4, 0.5) is 5.69 Å². The minimum Gasteiger partial charge on any atom is -0.492 e. The van der Waals surface area contributed by atoms with Gasteiger partial charge in [0, 0.05) is 12.2 Å². The predicted molar refractivity (Wildman–Crippen MR) is 75.5 cm³/mol. The van der Waals surface area contributed by atoms with Crippen LogP contribution in [-0.2, 0) is 14.8 Å². The van der Waals surface area contributed by atoms with Crippen LogP contribution >= 0.6 is 0 Å². The molecule has 8 heteroatoms. The number of nitrogens with one attached hydrogen (secondary N) is 1. The smallest absolute Gasteiger partial charge is 0.320 e. The van der Waals surface area contributed by atoms with Crippen LogP contribution < -0.4 is 9.46 Å². The minimum atomic E-state index is -3.87. The summed E-state index contributed by atoms with van der Waals surface area (Å²) in [5.41, 5.74) is 0.297. The molecule has 2 N–H and O–H groups in total. The molecule has 0 aliphatic carbocycles. The summed E-state index contributed by atoms with van der Waals surface area (Å²) >= 11 is 0. The van der Waals surface area contributed by atoms with E-state index in [1.54, 1.807) is 12.1 Å². The van der Waals surface area contributed by atoms with E-state index < -0.39 is 21.7 Å². The van der Waals surface area contributed by atoms with Gasteiger partial charge in [0.05, 0.1) is 0 Å². The first kappa shape index (κ1) is 16.3. The third-order valence-electron chi connectivity index (χ3n) is 2.25. The van der Waals surface area contributed by atoms with E-state index in [-0.39, 0.29) is 0 Å². The van der Waals surface area contributed by atoms with Crippen LogP contribution in [-0.4, -0.2) is 57.4 Å². The highest BCUT2D eigenvalue weighted by Gasteiger charge is 2.15. The molecule has 0 unspecified atom stereocenters. The molecule has 0 amide bonds. The SMILES string of the molecule is CN(C)CCOc1ccc(NS(=O)(=O)CC(=O)O)cc1. The van der Waals surface area contributed by atoms with Gasteiger partial charge in [-0.15, -0.1) is 0 Å². The van der Waals surface area contributed by atoms with Crippen LogP contribution in [0.15, 0.2) is 24.3 Å². The maximum absolute atomic E-state index is 11.4. The molecule has 0 aliphatic heterocycles. The van der Waals surface area contributed by atoms with Crippen molar-refractivity contribution < 1.29 is 23.1 Å². The Morgan fingerprint density at radius 1 is 1.30 bits per heavy atom. The maximum Gasteiger partial charge on any atom is 0.320 e. The van der Waals surface area contributed by atoms with Gasteiger partial charge in [0.2, 0.25) is 10.0 Å². The quantitative estimate of drug-likeness (QED) is 0.724. The molecule has 0 aliphatic rings. The molecule has 1 aromatic carbocycles. The largest absolute Gasteiger partial charge is 0.492 e. The second-order valence-corrected chi connectivity index (χ2v) is 6.15. The van der Waals surface area contributed by atoms with Gasteiger partial charge in [0.15, 0.2) is 5.75 Å². The molecule has 0 spiro atoms. The Morgan fingerprint density at radius 2 is 1.90 bits per heavy atom. The van der Waals surface area contributed by atoms with Crippen molar-refractivity contribution in [3.63, 3.8) is 0 Å². The van der Waals surface area contributed by atoms with Gasteiger partial charge in [0.25, 0.3) is 0 Å². The van der Waals surface area contributed by atoms with Gasteiger partial charge in [-0.25, -0.2) is 8.42 Å². The fourth-order valence-electron chi connectivity index (χ4n) is 1.34. The topological polar surface area (TPSA) is 95.9 Å². The summed E-state index contributed by atoms with van der Waals surface area (Å²) < 4.78 is 30.5. The molecule has 112 valence electrons. The summed E-state index contributed by atoms with van der Waals surface area (Å²) in [7, 11) is -0.00351. The molecule has 1 rings (SSSR count). The zero-order valence-electron chi connectivity index (χ0n) is 11.4. The first-order valence-electron chi connectivity index (χ1n) is 5.88. The number of carbonyl (C=O) groups is 1. The molecular formula is C12H18N2O5S. The molecule has 0 saturated heterocycles. The van der Waals surface area contributed by atoms with Gasteiger partial charge < -0.3 is 14.7 Å². The van der Waals surface area contributed by atoms with E-state index in [0.29, 0.717) is 18.0 Å². The lowest BCUT2D eigenvalue weighted by Crippen LogP contribution is -2.22. The highest BCUT2D eigenvalue weighted by atomic mass is 32.2. The minimum absolute atomic E-state index is 0.297. The number of likely N-dealkylation sites (N-methyl/N-ethyl adjacent to an activating group) is 1. The lowest BCUT2D eigenvalue weighted by molar-refractivity contribution is -0.134. The third kappa shape index (κ3) is 6.39. The number of sulfonamides is 1. The molecule has 0 radical (unpaired) electrons. The van der Waals surface area contributed by atoms with E-state index in [0.717, 1.165) is 6.54 Å². The van der Waals surface area contributed by atoms with E-state index in [1.807, 2.05) is 19.0 Å². The maximum atomic E-state index is 11.4. The lowest BCUT2D eigenvalue weighted by Gasteiger charge is -2.11. The number of rotatable bonds is 8. The van der Waals surface area contributed by atoms with Crippen molar-refractivity contribution in [2.75, 3.05) is 37.7 Å². The van der Waals surface area contributed by atoms with Gasteiger partial charge >= 0.3 is 5.97 Å². The van der Waals surface area contributed by atoms with Crippen LogP contribution in [0.3, 0.4) is 0 Å². The van der Waals surface area contributed by atoms with Crippen LogP contribution in [0.25, 0.3) is 0 Å². The Labute approximate surface area is 118 Å². The number of benzene rings is 1. The molecule has 0 aromatic heterocycles. The Balaban J connectivity index is 2.56. The first-order valence-corrected chi connectivity index (χ1v) is 7.53. The summed E-state index contributed by atoms with van der Waals surface area (Å²) in [5, 5.41) is 8.47. The molecule has 0 atom stereocenters. The molecule has 0 bridgehead atoms. The number of ether oxygens (including phenoxy) is 1. The van der Waals surface area contributed by atoms with Crippen molar-refractivity contribution in [1.82, 2.24) is 4.90 Å². The molecule has 0 saturated carbocycles. The summed E-state index contributed by atoms with van der Waals surface area (Å²) in [5.74, 6) is -1.75. The zero-order valence-corrected chi connectivity index (χ0v) is 12.2.